The Bertz CT molecular complexity index is 717. The molecule has 0 spiro atoms. The molecule has 1 aliphatic rings. The van der Waals surface area contributed by atoms with Crippen LogP contribution in [0.2, 0.25) is 0 Å². The van der Waals surface area contributed by atoms with Crippen LogP contribution in [0.1, 0.15) is 24.5 Å². The minimum Gasteiger partial charge on any atom is -0.481 e. The lowest BCUT2D eigenvalue weighted by Gasteiger charge is -2.33. The average molecular weight is 339 g/mol. The summed E-state index contributed by atoms with van der Waals surface area (Å²) in [5, 5.41) is 9.26. The van der Waals surface area contributed by atoms with E-state index in [0.29, 0.717) is 25.1 Å². The smallest absolute Gasteiger partial charge is 0.308 e. The molecule has 1 heterocycles. The second kappa shape index (κ2) is 7.83. The molecule has 5 heteroatoms. The Morgan fingerprint density at radius 2 is 1.68 bits per heavy atom. The first-order valence-corrected chi connectivity index (χ1v) is 8.43. The fourth-order valence-electron chi connectivity index (χ4n) is 3.07. The van der Waals surface area contributed by atoms with Gasteiger partial charge in [-0.1, -0.05) is 48.5 Å². The van der Waals surface area contributed by atoms with Gasteiger partial charge in [-0.05, 0) is 25.0 Å². The molecule has 130 valence electrons. The predicted molar refractivity (Wildman–Crippen MR) is 93.2 cm³/mol. The molecular weight excluding hydrogens is 318 g/mol. The number of ether oxygens (including phenoxy) is 1. The van der Waals surface area contributed by atoms with Crippen LogP contribution in [0.4, 0.5) is 0 Å². The van der Waals surface area contributed by atoms with Gasteiger partial charge in [0.05, 0.1) is 5.92 Å². The lowest BCUT2D eigenvalue weighted by atomic mass is 9.97. The molecule has 3 rings (SSSR count). The molecule has 1 fully saturated rings. The molecule has 1 saturated heterocycles. The van der Waals surface area contributed by atoms with E-state index >= 15 is 0 Å². The first kappa shape index (κ1) is 17.0. The van der Waals surface area contributed by atoms with E-state index in [1.807, 2.05) is 48.5 Å². The molecule has 1 unspecified atom stereocenters. The largest absolute Gasteiger partial charge is 0.481 e. The van der Waals surface area contributed by atoms with Gasteiger partial charge in [-0.25, -0.2) is 0 Å². The molecule has 1 aliphatic heterocycles. The Morgan fingerprint density at radius 3 is 2.32 bits per heavy atom. The molecule has 0 saturated carbocycles. The monoisotopic (exact) mass is 339 g/mol. The summed E-state index contributed by atoms with van der Waals surface area (Å²) in [6, 6.07) is 18.5. The highest BCUT2D eigenvalue weighted by atomic mass is 16.5. The van der Waals surface area contributed by atoms with Gasteiger partial charge in [0.2, 0.25) is 6.10 Å². The zero-order chi connectivity index (χ0) is 17.6. The average Bonchev–Trinajstić information content (AvgIpc) is 2.67. The van der Waals surface area contributed by atoms with Crippen LogP contribution in [-0.4, -0.2) is 35.0 Å². The maximum atomic E-state index is 13.1. The van der Waals surface area contributed by atoms with E-state index in [9.17, 15) is 14.7 Å². The number of carbonyl (C=O) groups excluding carboxylic acids is 1. The van der Waals surface area contributed by atoms with Crippen molar-refractivity contribution in [3.05, 3.63) is 66.2 Å². The standard InChI is InChI=1S/C20H21NO4/c22-19(21-13-7-10-16(14-21)20(23)24)18(15-8-3-1-4-9-15)25-17-11-5-2-6-12-17/h1-6,8-9,11-12,16,18H,7,10,13-14H2,(H,23,24)/t16-,18?/m0/s1. The zero-order valence-corrected chi connectivity index (χ0v) is 13.9. The van der Waals surface area contributed by atoms with Gasteiger partial charge < -0.3 is 14.7 Å². The highest BCUT2D eigenvalue weighted by Crippen LogP contribution is 2.26. The third kappa shape index (κ3) is 4.18. The third-order valence-corrected chi connectivity index (χ3v) is 4.41. The van der Waals surface area contributed by atoms with Gasteiger partial charge in [-0.2, -0.15) is 0 Å². The summed E-state index contributed by atoms with van der Waals surface area (Å²) in [5.41, 5.74) is 0.758. The molecule has 2 aromatic rings. The molecular formula is C20H21NO4. The summed E-state index contributed by atoms with van der Waals surface area (Å²) in [6.45, 7) is 0.791. The summed E-state index contributed by atoms with van der Waals surface area (Å²) in [5.74, 6) is -0.943. The number of carbonyl (C=O) groups is 2. The van der Waals surface area contributed by atoms with E-state index in [0.717, 1.165) is 5.56 Å². The van der Waals surface area contributed by atoms with Crippen molar-refractivity contribution in [3.8, 4) is 5.75 Å². The molecule has 1 amide bonds. The van der Waals surface area contributed by atoms with Crippen molar-refractivity contribution in [2.75, 3.05) is 13.1 Å². The number of nitrogens with zero attached hydrogens (tertiary/aromatic N) is 1. The number of hydrogen-bond acceptors (Lipinski definition) is 3. The summed E-state index contributed by atoms with van der Waals surface area (Å²) in [6.07, 6.45) is 0.514. The molecule has 25 heavy (non-hydrogen) atoms. The Kier molecular flexibility index (Phi) is 5.33. The topological polar surface area (TPSA) is 66.8 Å². The van der Waals surface area contributed by atoms with E-state index < -0.39 is 18.0 Å². The van der Waals surface area contributed by atoms with E-state index in [2.05, 4.69) is 0 Å². The van der Waals surface area contributed by atoms with Gasteiger partial charge in [0.1, 0.15) is 5.75 Å². The fourth-order valence-corrected chi connectivity index (χ4v) is 3.07. The Hall–Kier alpha value is -2.82. The first-order chi connectivity index (χ1) is 12.1. The van der Waals surface area contributed by atoms with Crippen LogP contribution >= 0.6 is 0 Å². The molecule has 0 aromatic heterocycles. The first-order valence-electron chi connectivity index (χ1n) is 8.43. The fraction of sp³-hybridized carbons (Fsp3) is 0.300. The van der Waals surface area contributed by atoms with Gasteiger partial charge in [0.15, 0.2) is 0 Å². The van der Waals surface area contributed by atoms with Crippen LogP contribution in [0.15, 0.2) is 60.7 Å². The number of para-hydroxylation sites is 1. The minimum atomic E-state index is -0.849. The summed E-state index contributed by atoms with van der Waals surface area (Å²) >= 11 is 0. The molecule has 1 N–H and O–H groups in total. The van der Waals surface area contributed by atoms with Crippen LogP contribution < -0.4 is 4.74 Å². The van der Waals surface area contributed by atoms with Crippen molar-refractivity contribution in [1.29, 1.82) is 0 Å². The van der Waals surface area contributed by atoms with Crippen molar-refractivity contribution in [2.45, 2.75) is 18.9 Å². The number of piperidine rings is 1. The number of hydrogen-bond donors (Lipinski definition) is 1. The van der Waals surface area contributed by atoms with Gasteiger partial charge in [-0.15, -0.1) is 0 Å². The Morgan fingerprint density at radius 1 is 1.04 bits per heavy atom. The zero-order valence-electron chi connectivity index (χ0n) is 13.9. The normalized spacial score (nSPS) is 18.4. The van der Waals surface area contributed by atoms with Crippen LogP contribution in [0.25, 0.3) is 0 Å². The lowest BCUT2D eigenvalue weighted by Crippen LogP contribution is -2.45. The number of carboxylic acid groups (broad SMARTS) is 1. The lowest BCUT2D eigenvalue weighted by molar-refractivity contribution is -0.148. The van der Waals surface area contributed by atoms with Crippen molar-refractivity contribution < 1.29 is 19.4 Å². The highest BCUT2D eigenvalue weighted by molar-refractivity contribution is 5.83. The third-order valence-electron chi connectivity index (χ3n) is 4.41. The molecule has 0 bridgehead atoms. The van der Waals surface area contributed by atoms with Gasteiger partial charge >= 0.3 is 5.97 Å². The van der Waals surface area contributed by atoms with Crippen LogP contribution in [-0.2, 0) is 9.59 Å². The van der Waals surface area contributed by atoms with Crippen molar-refractivity contribution in [1.82, 2.24) is 4.90 Å². The predicted octanol–water partition coefficient (Wildman–Crippen LogP) is 3.13. The summed E-state index contributed by atoms with van der Waals surface area (Å²) in [7, 11) is 0. The van der Waals surface area contributed by atoms with E-state index in [1.165, 1.54) is 0 Å². The van der Waals surface area contributed by atoms with Crippen molar-refractivity contribution in [2.24, 2.45) is 5.92 Å². The van der Waals surface area contributed by atoms with E-state index in [1.54, 1.807) is 17.0 Å². The molecule has 2 aromatic carbocycles. The molecule has 0 aliphatic carbocycles. The maximum absolute atomic E-state index is 13.1. The van der Waals surface area contributed by atoms with E-state index in [4.69, 9.17) is 4.74 Å². The Labute approximate surface area is 146 Å². The molecule has 5 nitrogen and oxygen atoms in total. The number of rotatable bonds is 5. The van der Waals surface area contributed by atoms with Gasteiger partial charge in [-0.3, -0.25) is 9.59 Å². The molecule has 2 atom stereocenters. The van der Waals surface area contributed by atoms with Crippen LogP contribution in [0.5, 0.6) is 5.75 Å². The van der Waals surface area contributed by atoms with E-state index in [-0.39, 0.29) is 12.5 Å². The van der Waals surface area contributed by atoms with Gasteiger partial charge in [0, 0.05) is 18.7 Å². The van der Waals surface area contributed by atoms with Crippen molar-refractivity contribution in [3.63, 3.8) is 0 Å². The number of carboxylic acids is 1. The number of likely N-dealkylation sites (tertiary alicyclic amines) is 1. The summed E-state index contributed by atoms with van der Waals surface area (Å²) < 4.78 is 5.97. The van der Waals surface area contributed by atoms with Gasteiger partial charge in [0.25, 0.3) is 5.91 Å². The highest BCUT2D eigenvalue weighted by Gasteiger charge is 2.33. The Balaban J connectivity index is 1.83. The maximum Gasteiger partial charge on any atom is 0.308 e. The summed E-state index contributed by atoms with van der Waals surface area (Å²) in [4.78, 5) is 26.0. The minimum absolute atomic E-state index is 0.194. The van der Waals surface area contributed by atoms with Crippen LogP contribution in [0.3, 0.4) is 0 Å². The van der Waals surface area contributed by atoms with Crippen LogP contribution in [0, 0.1) is 5.92 Å². The second-order valence-electron chi connectivity index (χ2n) is 6.18. The quantitative estimate of drug-likeness (QED) is 0.909. The number of amides is 1. The number of benzene rings is 2. The SMILES string of the molecule is O=C(O)[C@H]1CCCN(C(=O)C(Oc2ccccc2)c2ccccc2)C1. The van der Waals surface area contributed by atoms with Crippen molar-refractivity contribution >= 4 is 11.9 Å². The molecule has 0 radical (unpaired) electrons. The second-order valence-corrected chi connectivity index (χ2v) is 6.18. The number of aliphatic carboxylic acids is 1.